The van der Waals surface area contributed by atoms with Crippen molar-refractivity contribution >= 4 is 19.8 Å². The minimum Gasteiger partial charge on any atom is -0.480 e. The molecule has 0 saturated heterocycles. The van der Waals surface area contributed by atoms with Crippen molar-refractivity contribution in [2.75, 3.05) is 26.4 Å². The molecule has 0 bridgehead atoms. The van der Waals surface area contributed by atoms with Crippen molar-refractivity contribution in [3.63, 3.8) is 0 Å². The van der Waals surface area contributed by atoms with E-state index in [0.29, 0.717) is 13.0 Å². The zero-order valence-electron chi connectivity index (χ0n) is 35.9. The third kappa shape index (κ3) is 41.6. The molecule has 3 atom stereocenters. The maximum Gasteiger partial charge on any atom is 0.472 e. The number of unbranched alkanes of at least 4 members (excludes halogenated alkanes) is 18. The van der Waals surface area contributed by atoms with Gasteiger partial charge in [0.15, 0.2) is 0 Å². The van der Waals surface area contributed by atoms with Crippen LogP contribution in [0.15, 0.2) is 60.8 Å². The molecule has 0 aromatic carbocycles. The van der Waals surface area contributed by atoms with Gasteiger partial charge >= 0.3 is 19.8 Å². The minimum atomic E-state index is -4.62. The molecule has 0 aromatic rings. The first-order valence-corrected chi connectivity index (χ1v) is 23.8. The van der Waals surface area contributed by atoms with Crippen molar-refractivity contribution in [2.24, 2.45) is 5.73 Å². The lowest BCUT2D eigenvalue weighted by molar-refractivity contribution is -0.154. The van der Waals surface area contributed by atoms with E-state index in [1.54, 1.807) is 0 Å². The smallest absolute Gasteiger partial charge is 0.472 e. The van der Waals surface area contributed by atoms with Crippen LogP contribution < -0.4 is 5.73 Å². The molecule has 3 unspecified atom stereocenters. The van der Waals surface area contributed by atoms with Gasteiger partial charge < -0.3 is 25.2 Å². The molecular formula is C46H82NO9P. The highest BCUT2D eigenvalue weighted by Gasteiger charge is 2.27. The van der Waals surface area contributed by atoms with Gasteiger partial charge in [0.05, 0.1) is 19.8 Å². The van der Waals surface area contributed by atoms with Gasteiger partial charge in [-0.15, -0.1) is 0 Å². The normalized spacial score (nSPS) is 14.5. The van der Waals surface area contributed by atoms with Gasteiger partial charge in [-0.25, -0.2) is 4.57 Å². The Labute approximate surface area is 347 Å². The standard InChI is InChI=1S/C46H82NO9P/c1-3-5-7-9-11-13-15-17-19-20-21-22-23-24-25-26-28-30-32-34-36-38-45(48)56-43(41-54-57(51,52)55-42-44(47)46(49)50)40-53-39-37-35-33-31-29-27-18-16-14-12-10-8-6-4-2/h5,7,11,13,17,19,21-22,24-25,43-44H,3-4,6,8-10,12,14-16,18,20,23,26-42,47H2,1-2H3,(H,49,50)(H,51,52)/b7-5-,13-11-,19-17-,22-21-,25-24-. The van der Waals surface area contributed by atoms with Crippen LogP contribution in [0.4, 0.5) is 0 Å². The highest BCUT2D eigenvalue weighted by Crippen LogP contribution is 2.43. The monoisotopic (exact) mass is 824 g/mol. The molecule has 0 aliphatic rings. The summed E-state index contributed by atoms with van der Waals surface area (Å²) in [6, 6.07) is -1.48. The number of allylic oxidation sites excluding steroid dienone is 10. The molecule has 0 spiro atoms. The van der Waals surface area contributed by atoms with Crippen molar-refractivity contribution < 1.29 is 42.7 Å². The third-order valence-electron chi connectivity index (χ3n) is 9.31. The molecule has 0 aliphatic carbocycles. The number of hydrogen-bond acceptors (Lipinski definition) is 8. The Morgan fingerprint density at radius 1 is 0.579 bits per heavy atom. The maximum absolute atomic E-state index is 12.6. The third-order valence-corrected chi connectivity index (χ3v) is 10.3. The summed E-state index contributed by atoms with van der Waals surface area (Å²) in [5.41, 5.74) is 5.36. The number of phosphoric acid groups is 1. The number of aliphatic carboxylic acids is 1. The number of hydrogen-bond donors (Lipinski definition) is 3. The lowest BCUT2D eigenvalue weighted by Crippen LogP contribution is -2.34. The second kappa shape index (κ2) is 41.8. The van der Waals surface area contributed by atoms with E-state index in [4.69, 9.17) is 29.4 Å². The molecule has 0 fully saturated rings. The summed E-state index contributed by atoms with van der Waals surface area (Å²) < 4.78 is 33.4. The molecule has 0 heterocycles. The van der Waals surface area contributed by atoms with E-state index in [9.17, 15) is 19.0 Å². The van der Waals surface area contributed by atoms with Gasteiger partial charge in [-0.1, -0.05) is 177 Å². The number of carboxylic acids is 1. The summed E-state index contributed by atoms with van der Waals surface area (Å²) in [7, 11) is -4.62. The van der Waals surface area contributed by atoms with Crippen LogP contribution in [0.3, 0.4) is 0 Å². The van der Waals surface area contributed by atoms with Crippen LogP contribution in [-0.4, -0.2) is 60.5 Å². The van der Waals surface area contributed by atoms with Gasteiger partial charge in [0, 0.05) is 13.0 Å². The highest BCUT2D eigenvalue weighted by molar-refractivity contribution is 7.47. The Morgan fingerprint density at radius 3 is 1.53 bits per heavy atom. The zero-order chi connectivity index (χ0) is 41.9. The first-order valence-electron chi connectivity index (χ1n) is 22.3. The SMILES string of the molecule is CC/C=C\C/C=C\C/C=C\C/C=C\C/C=C\CCCCCCCC(=O)OC(COCCCCCCCCCCCCCCCC)COP(=O)(O)OCC(N)C(=O)O. The molecule has 4 N–H and O–H groups in total. The van der Waals surface area contributed by atoms with Crippen LogP contribution in [0.5, 0.6) is 0 Å². The fraction of sp³-hybridized carbons (Fsp3) is 0.739. The number of phosphoric ester groups is 1. The van der Waals surface area contributed by atoms with Crippen LogP contribution in [0.2, 0.25) is 0 Å². The summed E-state index contributed by atoms with van der Waals surface area (Å²) in [4.78, 5) is 33.6. The van der Waals surface area contributed by atoms with Crippen molar-refractivity contribution in [2.45, 2.75) is 193 Å². The fourth-order valence-electron chi connectivity index (χ4n) is 5.87. The van der Waals surface area contributed by atoms with Gasteiger partial charge in [0.2, 0.25) is 0 Å². The van der Waals surface area contributed by atoms with Gasteiger partial charge in [-0.2, -0.15) is 0 Å². The van der Waals surface area contributed by atoms with Crippen LogP contribution in [0, 0.1) is 0 Å². The van der Waals surface area contributed by atoms with E-state index in [1.807, 2.05) is 0 Å². The number of carbonyl (C=O) groups excluding carboxylic acids is 1. The molecule has 0 aromatic heterocycles. The van der Waals surface area contributed by atoms with Crippen LogP contribution in [0.25, 0.3) is 0 Å². The lowest BCUT2D eigenvalue weighted by Gasteiger charge is -2.20. The molecule has 330 valence electrons. The van der Waals surface area contributed by atoms with Crippen molar-refractivity contribution in [3.05, 3.63) is 60.8 Å². The van der Waals surface area contributed by atoms with Gasteiger partial charge in [-0.3, -0.25) is 18.6 Å². The summed E-state index contributed by atoms with van der Waals surface area (Å²) in [5.74, 6) is -1.80. The van der Waals surface area contributed by atoms with Gasteiger partial charge in [-0.05, 0) is 57.8 Å². The van der Waals surface area contributed by atoms with Crippen LogP contribution >= 0.6 is 7.82 Å². The molecule has 0 rings (SSSR count). The second-order valence-electron chi connectivity index (χ2n) is 14.8. The maximum atomic E-state index is 12.6. The van der Waals surface area contributed by atoms with Crippen LogP contribution in [-0.2, 0) is 32.7 Å². The Kier molecular flexibility index (Phi) is 40.1. The molecule has 0 saturated carbocycles. The van der Waals surface area contributed by atoms with E-state index in [2.05, 4.69) is 74.6 Å². The Morgan fingerprint density at radius 2 is 1.02 bits per heavy atom. The fourth-order valence-corrected chi connectivity index (χ4v) is 6.64. The Hall–Kier alpha value is -2.33. The molecule has 10 nitrogen and oxygen atoms in total. The largest absolute Gasteiger partial charge is 0.480 e. The lowest BCUT2D eigenvalue weighted by atomic mass is 10.0. The Bertz CT molecular complexity index is 1140. The average molecular weight is 824 g/mol. The van der Waals surface area contributed by atoms with E-state index in [1.165, 1.54) is 70.6 Å². The van der Waals surface area contributed by atoms with Gasteiger partial charge in [0.25, 0.3) is 0 Å². The minimum absolute atomic E-state index is 0.00856. The topological polar surface area (TPSA) is 155 Å². The van der Waals surface area contributed by atoms with Crippen molar-refractivity contribution in [1.29, 1.82) is 0 Å². The molecule has 0 aliphatic heterocycles. The molecule has 11 heteroatoms. The van der Waals surface area contributed by atoms with E-state index >= 15 is 0 Å². The Balaban J connectivity index is 4.26. The quantitative estimate of drug-likeness (QED) is 0.0234. The summed E-state index contributed by atoms with van der Waals surface area (Å²) in [6.07, 6.45) is 49.8. The second-order valence-corrected chi connectivity index (χ2v) is 16.3. The van der Waals surface area contributed by atoms with E-state index < -0.39 is 45.1 Å². The predicted molar refractivity (Wildman–Crippen MR) is 235 cm³/mol. The van der Waals surface area contributed by atoms with Crippen LogP contribution in [0.1, 0.15) is 181 Å². The first-order chi connectivity index (χ1) is 27.7. The van der Waals surface area contributed by atoms with E-state index in [-0.39, 0.29) is 13.0 Å². The zero-order valence-corrected chi connectivity index (χ0v) is 36.8. The number of carboxylic acid groups (broad SMARTS) is 1. The number of nitrogens with two attached hydrogens (primary N) is 1. The van der Waals surface area contributed by atoms with Gasteiger partial charge in [0.1, 0.15) is 12.1 Å². The highest BCUT2D eigenvalue weighted by atomic mass is 31.2. The predicted octanol–water partition coefficient (Wildman–Crippen LogP) is 12.4. The number of esters is 1. The molecule has 0 radical (unpaired) electrons. The van der Waals surface area contributed by atoms with Crippen molar-refractivity contribution in [1.82, 2.24) is 0 Å². The van der Waals surface area contributed by atoms with Crippen molar-refractivity contribution in [3.8, 4) is 0 Å². The number of ether oxygens (including phenoxy) is 2. The van der Waals surface area contributed by atoms with E-state index in [0.717, 1.165) is 83.5 Å². The summed E-state index contributed by atoms with van der Waals surface area (Å²) in [5, 5.41) is 8.90. The molecule has 57 heavy (non-hydrogen) atoms. The summed E-state index contributed by atoms with van der Waals surface area (Å²) >= 11 is 0. The molecular weight excluding hydrogens is 741 g/mol. The number of carbonyl (C=O) groups is 2. The summed E-state index contributed by atoms with van der Waals surface area (Å²) in [6.45, 7) is 3.75. The molecule has 0 amide bonds. The number of rotatable bonds is 42. The average Bonchev–Trinajstić information content (AvgIpc) is 3.19. The first kappa shape index (κ1) is 54.7.